The largest absolute Gasteiger partial charge is 0.394 e. The molecule has 1 aliphatic carbocycles. The lowest BCUT2D eigenvalue weighted by Gasteiger charge is -2.10. The zero-order valence-corrected chi connectivity index (χ0v) is 14.0. The van der Waals surface area contributed by atoms with Crippen LogP contribution in [0.4, 0.5) is 5.69 Å². The van der Waals surface area contributed by atoms with E-state index >= 15 is 0 Å². The highest BCUT2D eigenvalue weighted by Gasteiger charge is 2.64. The van der Waals surface area contributed by atoms with Crippen molar-refractivity contribution in [3.05, 3.63) is 21.0 Å². The molecule has 1 aliphatic rings. The Morgan fingerprint density at radius 3 is 2.50 bits per heavy atom. The van der Waals surface area contributed by atoms with E-state index in [1.54, 1.807) is 6.20 Å². The van der Waals surface area contributed by atoms with E-state index in [1.807, 2.05) is 0 Å². The van der Waals surface area contributed by atoms with Gasteiger partial charge in [-0.1, -0.05) is 27.7 Å². The Hall–Kier alpha value is -0.880. The number of hydrogen-bond acceptors (Lipinski definition) is 4. The Kier molecular flexibility index (Phi) is 3.99. The van der Waals surface area contributed by atoms with Crippen LogP contribution in [0.25, 0.3) is 0 Å². The summed E-state index contributed by atoms with van der Waals surface area (Å²) >= 11 is 3.31. The zero-order valence-electron chi connectivity index (χ0n) is 12.4. The van der Waals surface area contributed by atoms with E-state index in [0.717, 1.165) is 6.54 Å². The molecule has 20 heavy (non-hydrogen) atoms. The van der Waals surface area contributed by atoms with Gasteiger partial charge in [0, 0.05) is 6.54 Å². The van der Waals surface area contributed by atoms with Gasteiger partial charge in [0.1, 0.15) is 4.47 Å². The number of anilines is 1. The topological polar surface area (TPSA) is 67.2 Å². The first-order valence-electron chi connectivity index (χ1n) is 6.84. The van der Waals surface area contributed by atoms with Crippen molar-refractivity contribution in [2.24, 2.45) is 16.7 Å². The smallest absolute Gasteiger partial charge is 0.283 e. The maximum atomic E-state index is 12.0. The van der Waals surface area contributed by atoms with E-state index in [2.05, 4.69) is 54.0 Å². The molecule has 0 atom stereocenters. The molecule has 1 fully saturated rings. The lowest BCUT2D eigenvalue weighted by atomic mass is 10.0. The summed E-state index contributed by atoms with van der Waals surface area (Å²) in [5.41, 5.74) is 1.11. The van der Waals surface area contributed by atoms with Gasteiger partial charge in [-0.25, -0.2) is 4.68 Å². The number of nitrogens with one attached hydrogen (secondary N) is 1. The zero-order chi connectivity index (χ0) is 15.1. The van der Waals surface area contributed by atoms with E-state index in [1.165, 1.54) is 4.68 Å². The third-order valence-electron chi connectivity index (χ3n) is 5.11. The Bertz CT molecular complexity index is 552. The Labute approximate surface area is 127 Å². The number of aliphatic hydroxyl groups excluding tert-OH is 1. The Morgan fingerprint density at radius 1 is 1.40 bits per heavy atom. The third-order valence-corrected chi connectivity index (χ3v) is 5.88. The van der Waals surface area contributed by atoms with Crippen LogP contribution in [-0.4, -0.2) is 28.0 Å². The molecular weight excluding hydrogens is 322 g/mol. The highest BCUT2D eigenvalue weighted by Crippen LogP contribution is 2.68. The van der Waals surface area contributed by atoms with Gasteiger partial charge in [0.25, 0.3) is 5.56 Å². The van der Waals surface area contributed by atoms with Gasteiger partial charge in [-0.15, -0.1) is 0 Å². The molecule has 1 aromatic rings. The van der Waals surface area contributed by atoms with Crippen molar-refractivity contribution in [3.8, 4) is 0 Å². The van der Waals surface area contributed by atoms with Gasteiger partial charge in [-0.2, -0.15) is 5.10 Å². The van der Waals surface area contributed by atoms with Gasteiger partial charge in [0.05, 0.1) is 25.0 Å². The second-order valence-electron chi connectivity index (χ2n) is 6.50. The lowest BCUT2D eigenvalue weighted by Crippen LogP contribution is -2.26. The number of hydrogen-bond donors (Lipinski definition) is 2. The molecule has 112 valence electrons. The summed E-state index contributed by atoms with van der Waals surface area (Å²) in [7, 11) is 0. The number of aliphatic hydroxyl groups is 1. The predicted octanol–water partition coefficient (Wildman–Crippen LogP) is 2.09. The van der Waals surface area contributed by atoms with Crippen LogP contribution in [-0.2, 0) is 6.54 Å². The predicted molar refractivity (Wildman–Crippen MR) is 82.8 cm³/mol. The number of nitrogens with zero attached hydrogens (tertiary/aromatic N) is 2. The molecule has 0 bridgehead atoms. The van der Waals surface area contributed by atoms with E-state index in [4.69, 9.17) is 5.11 Å². The molecule has 0 radical (unpaired) electrons. The van der Waals surface area contributed by atoms with Gasteiger partial charge in [-0.3, -0.25) is 4.79 Å². The summed E-state index contributed by atoms with van der Waals surface area (Å²) in [6.45, 7) is 10.0. The second-order valence-corrected chi connectivity index (χ2v) is 7.29. The standard InChI is InChI=1S/C14H22BrN3O2/c1-13(2)10(14(13,3)4)8-16-9-7-17-18(5-6-19)12(20)11(9)15/h7,10,16,19H,5-6,8H2,1-4H3. The van der Waals surface area contributed by atoms with Crippen molar-refractivity contribution >= 4 is 21.6 Å². The number of rotatable bonds is 5. The first-order valence-corrected chi connectivity index (χ1v) is 7.63. The summed E-state index contributed by atoms with van der Waals surface area (Å²) in [4.78, 5) is 12.0. The van der Waals surface area contributed by atoms with Crippen molar-refractivity contribution in [3.63, 3.8) is 0 Å². The van der Waals surface area contributed by atoms with Gasteiger partial charge >= 0.3 is 0 Å². The van der Waals surface area contributed by atoms with Crippen LogP contribution >= 0.6 is 15.9 Å². The molecule has 0 aliphatic heterocycles. The Morgan fingerprint density at radius 2 is 2.00 bits per heavy atom. The quantitative estimate of drug-likeness (QED) is 0.858. The summed E-state index contributed by atoms with van der Waals surface area (Å²) in [6.07, 6.45) is 1.63. The van der Waals surface area contributed by atoms with Crippen molar-refractivity contribution < 1.29 is 5.11 Å². The molecule has 2 rings (SSSR count). The van der Waals surface area contributed by atoms with Gasteiger partial charge in [0.2, 0.25) is 0 Å². The lowest BCUT2D eigenvalue weighted by molar-refractivity contribution is 0.266. The summed E-state index contributed by atoms with van der Waals surface area (Å²) in [6, 6.07) is 0. The van der Waals surface area contributed by atoms with Crippen LogP contribution in [0.5, 0.6) is 0 Å². The molecule has 0 amide bonds. The van der Waals surface area contributed by atoms with E-state index in [0.29, 0.717) is 26.9 Å². The van der Waals surface area contributed by atoms with E-state index < -0.39 is 0 Å². The van der Waals surface area contributed by atoms with Crippen LogP contribution < -0.4 is 10.9 Å². The molecular formula is C14H22BrN3O2. The fraction of sp³-hybridized carbons (Fsp3) is 0.714. The van der Waals surface area contributed by atoms with Crippen LogP contribution in [0.2, 0.25) is 0 Å². The van der Waals surface area contributed by atoms with E-state index in [-0.39, 0.29) is 18.7 Å². The summed E-state index contributed by atoms with van der Waals surface area (Å²) < 4.78 is 1.72. The fourth-order valence-electron chi connectivity index (χ4n) is 2.90. The molecule has 0 spiro atoms. The van der Waals surface area contributed by atoms with Crippen molar-refractivity contribution in [2.45, 2.75) is 34.2 Å². The van der Waals surface area contributed by atoms with Crippen molar-refractivity contribution in [1.29, 1.82) is 0 Å². The van der Waals surface area contributed by atoms with Crippen LogP contribution in [0.15, 0.2) is 15.5 Å². The van der Waals surface area contributed by atoms with Gasteiger partial charge < -0.3 is 10.4 Å². The number of aromatic nitrogens is 2. The SMILES string of the molecule is CC1(C)C(CNc2cnn(CCO)c(=O)c2Br)C1(C)C. The Balaban J connectivity index is 2.09. The normalized spacial score (nSPS) is 19.9. The monoisotopic (exact) mass is 343 g/mol. The molecule has 1 aromatic heterocycles. The minimum Gasteiger partial charge on any atom is -0.394 e. The minimum absolute atomic E-state index is 0.101. The highest BCUT2D eigenvalue weighted by atomic mass is 79.9. The van der Waals surface area contributed by atoms with Gasteiger partial charge in [-0.05, 0) is 32.7 Å². The minimum atomic E-state index is -0.224. The first-order chi connectivity index (χ1) is 9.23. The molecule has 6 heteroatoms. The molecule has 1 heterocycles. The van der Waals surface area contributed by atoms with Gasteiger partial charge in [0.15, 0.2) is 0 Å². The molecule has 0 aromatic carbocycles. The van der Waals surface area contributed by atoms with Crippen LogP contribution in [0, 0.1) is 16.7 Å². The summed E-state index contributed by atoms with van der Waals surface area (Å²) in [5.74, 6) is 0.571. The molecule has 1 saturated carbocycles. The second kappa shape index (κ2) is 5.15. The fourth-order valence-corrected chi connectivity index (χ4v) is 3.35. The maximum Gasteiger partial charge on any atom is 0.283 e. The average Bonchev–Trinajstić information content (AvgIpc) is 2.76. The average molecular weight is 344 g/mol. The molecule has 2 N–H and O–H groups in total. The molecule has 5 nitrogen and oxygen atoms in total. The van der Waals surface area contributed by atoms with Crippen LogP contribution in [0.3, 0.4) is 0 Å². The molecule has 0 unspecified atom stereocenters. The van der Waals surface area contributed by atoms with Crippen molar-refractivity contribution in [1.82, 2.24) is 9.78 Å². The third kappa shape index (κ3) is 2.39. The maximum absolute atomic E-state index is 12.0. The summed E-state index contributed by atoms with van der Waals surface area (Å²) in [5, 5.41) is 16.2. The number of halogens is 1. The van der Waals surface area contributed by atoms with E-state index in [9.17, 15) is 4.79 Å². The first kappa shape index (κ1) is 15.5. The van der Waals surface area contributed by atoms with Crippen LogP contribution in [0.1, 0.15) is 27.7 Å². The van der Waals surface area contributed by atoms with Crippen molar-refractivity contribution in [2.75, 3.05) is 18.5 Å². The molecule has 0 saturated heterocycles. The highest BCUT2D eigenvalue weighted by molar-refractivity contribution is 9.10.